The lowest BCUT2D eigenvalue weighted by Gasteiger charge is -2.48. The Morgan fingerprint density at radius 1 is 1.28 bits per heavy atom. The number of allylic oxidation sites excluding steroid dienone is 1. The maximum atomic E-state index is 12.8. The quantitative estimate of drug-likeness (QED) is 0.665. The standard InChI is InChI=1S/C23H29NO5/c1-3-13-27-21(25)20-14-18(16-9-6-5-7-10-16)19-11-8-12-23(19,29-20)24-17(4-2)15-28-22(24)26/h5-7,9-10,14,17-19H,3-4,8,11-13,15H2,1-2H3/t17-,18-,19-,23-/m1/s1. The molecule has 0 radical (unpaired) electrons. The molecule has 1 aromatic rings. The zero-order chi connectivity index (χ0) is 20.4. The second-order valence-corrected chi connectivity index (χ2v) is 8.06. The molecule has 29 heavy (non-hydrogen) atoms. The number of fused-ring (bicyclic) bond motifs is 1. The molecule has 6 heteroatoms. The number of ether oxygens (including phenoxy) is 3. The third-order valence-corrected chi connectivity index (χ3v) is 6.34. The zero-order valence-corrected chi connectivity index (χ0v) is 17.1. The van der Waals surface area contributed by atoms with Gasteiger partial charge in [0.2, 0.25) is 5.76 Å². The van der Waals surface area contributed by atoms with Gasteiger partial charge in [0.25, 0.3) is 0 Å². The summed E-state index contributed by atoms with van der Waals surface area (Å²) in [7, 11) is 0. The number of hydrogen-bond acceptors (Lipinski definition) is 5. The number of rotatable bonds is 6. The summed E-state index contributed by atoms with van der Waals surface area (Å²) in [6, 6.07) is 10.1. The molecule has 2 heterocycles. The fourth-order valence-electron chi connectivity index (χ4n) is 5.03. The van der Waals surface area contributed by atoms with Gasteiger partial charge in [-0.25, -0.2) is 9.59 Å². The number of hydrogen-bond donors (Lipinski definition) is 0. The van der Waals surface area contributed by atoms with Crippen LogP contribution in [0.15, 0.2) is 42.2 Å². The summed E-state index contributed by atoms with van der Waals surface area (Å²) >= 11 is 0. The average molecular weight is 399 g/mol. The summed E-state index contributed by atoms with van der Waals surface area (Å²) in [6.45, 7) is 4.71. The number of benzene rings is 1. The van der Waals surface area contributed by atoms with Gasteiger partial charge in [0.15, 0.2) is 5.72 Å². The van der Waals surface area contributed by atoms with E-state index in [9.17, 15) is 9.59 Å². The summed E-state index contributed by atoms with van der Waals surface area (Å²) in [5.41, 5.74) is 0.248. The van der Waals surface area contributed by atoms with Crippen molar-refractivity contribution in [3.05, 3.63) is 47.7 Å². The Morgan fingerprint density at radius 2 is 2.07 bits per heavy atom. The first-order valence-corrected chi connectivity index (χ1v) is 10.7. The summed E-state index contributed by atoms with van der Waals surface area (Å²) in [5.74, 6) is -0.215. The van der Waals surface area contributed by atoms with E-state index in [1.807, 2.05) is 38.1 Å². The molecule has 3 aliphatic rings. The molecule has 0 spiro atoms. The van der Waals surface area contributed by atoms with E-state index in [-0.39, 0.29) is 29.7 Å². The van der Waals surface area contributed by atoms with Gasteiger partial charge in [0.05, 0.1) is 12.6 Å². The van der Waals surface area contributed by atoms with Crippen molar-refractivity contribution in [1.29, 1.82) is 0 Å². The normalized spacial score (nSPS) is 31.0. The lowest BCUT2D eigenvalue weighted by Crippen LogP contribution is -2.59. The summed E-state index contributed by atoms with van der Waals surface area (Å²) < 4.78 is 17.2. The SMILES string of the molecule is CCCOC(=O)C1=C[C@H](c2ccccc2)[C@H]2CCC[C@@]2(N2C(=O)OC[C@H]2CC)O1. The van der Waals surface area contributed by atoms with Gasteiger partial charge in [-0.3, -0.25) is 4.90 Å². The highest BCUT2D eigenvalue weighted by atomic mass is 16.6. The van der Waals surface area contributed by atoms with Gasteiger partial charge in [-0.2, -0.15) is 0 Å². The van der Waals surface area contributed by atoms with Crippen LogP contribution in [-0.4, -0.2) is 41.9 Å². The highest BCUT2D eigenvalue weighted by molar-refractivity contribution is 5.87. The van der Waals surface area contributed by atoms with Gasteiger partial charge in [-0.15, -0.1) is 0 Å². The molecule has 1 aliphatic carbocycles. The van der Waals surface area contributed by atoms with Gasteiger partial charge >= 0.3 is 12.1 Å². The Hall–Kier alpha value is -2.50. The van der Waals surface area contributed by atoms with E-state index in [1.165, 1.54) is 0 Å². The zero-order valence-electron chi connectivity index (χ0n) is 17.1. The van der Waals surface area contributed by atoms with E-state index < -0.39 is 11.7 Å². The Balaban J connectivity index is 1.78. The molecule has 1 saturated carbocycles. The second kappa shape index (κ2) is 8.09. The minimum Gasteiger partial charge on any atom is -0.460 e. The van der Waals surface area contributed by atoms with Crippen molar-refractivity contribution < 1.29 is 23.8 Å². The molecule has 1 aromatic carbocycles. The Labute approximate surface area is 171 Å². The van der Waals surface area contributed by atoms with E-state index in [4.69, 9.17) is 14.2 Å². The van der Waals surface area contributed by atoms with Crippen LogP contribution in [0.2, 0.25) is 0 Å². The van der Waals surface area contributed by atoms with Gasteiger partial charge in [0, 0.05) is 18.3 Å². The van der Waals surface area contributed by atoms with Gasteiger partial charge in [0.1, 0.15) is 6.61 Å². The molecule has 4 rings (SSSR count). The van der Waals surface area contributed by atoms with Crippen molar-refractivity contribution in [2.24, 2.45) is 5.92 Å². The smallest absolute Gasteiger partial charge is 0.413 e. The number of carbonyl (C=O) groups is 2. The average Bonchev–Trinajstić information content (AvgIpc) is 3.35. The molecular weight excluding hydrogens is 370 g/mol. The summed E-state index contributed by atoms with van der Waals surface area (Å²) in [5, 5.41) is 0. The van der Waals surface area contributed by atoms with Crippen LogP contribution in [0.1, 0.15) is 57.4 Å². The first kappa shape index (κ1) is 19.8. The van der Waals surface area contributed by atoms with Crippen molar-refractivity contribution in [3.8, 4) is 0 Å². The molecule has 6 nitrogen and oxygen atoms in total. The molecule has 1 saturated heterocycles. The van der Waals surface area contributed by atoms with Crippen LogP contribution in [0.3, 0.4) is 0 Å². The van der Waals surface area contributed by atoms with Gasteiger partial charge < -0.3 is 14.2 Å². The number of nitrogens with zero attached hydrogens (tertiary/aromatic N) is 1. The first-order chi connectivity index (χ1) is 14.1. The highest BCUT2D eigenvalue weighted by Crippen LogP contribution is 2.54. The van der Waals surface area contributed by atoms with Crippen molar-refractivity contribution in [2.45, 2.75) is 63.6 Å². The van der Waals surface area contributed by atoms with Crippen LogP contribution in [0.5, 0.6) is 0 Å². The monoisotopic (exact) mass is 399 g/mol. The summed E-state index contributed by atoms with van der Waals surface area (Å²) in [4.78, 5) is 27.3. The van der Waals surface area contributed by atoms with Crippen LogP contribution >= 0.6 is 0 Å². The molecular formula is C23H29NO5. The van der Waals surface area contributed by atoms with Crippen LogP contribution < -0.4 is 0 Å². The number of amides is 1. The predicted molar refractivity (Wildman–Crippen MR) is 107 cm³/mol. The molecule has 2 aliphatic heterocycles. The first-order valence-electron chi connectivity index (χ1n) is 10.7. The molecule has 4 atom stereocenters. The van der Waals surface area contributed by atoms with Crippen LogP contribution in [-0.2, 0) is 19.0 Å². The number of carbonyl (C=O) groups excluding carboxylic acids is 2. The van der Waals surface area contributed by atoms with E-state index in [0.717, 1.165) is 31.2 Å². The van der Waals surface area contributed by atoms with Crippen LogP contribution in [0, 0.1) is 5.92 Å². The molecule has 156 valence electrons. The Kier molecular flexibility index (Phi) is 5.52. The van der Waals surface area contributed by atoms with Gasteiger partial charge in [-0.1, -0.05) is 44.2 Å². The van der Waals surface area contributed by atoms with E-state index in [0.29, 0.717) is 19.6 Å². The fraction of sp³-hybridized carbons (Fsp3) is 0.565. The molecule has 0 aromatic heterocycles. The Morgan fingerprint density at radius 3 is 2.79 bits per heavy atom. The third-order valence-electron chi connectivity index (χ3n) is 6.34. The molecule has 0 bridgehead atoms. The lowest BCUT2D eigenvalue weighted by atomic mass is 9.77. The van der Waals surface area contributed by atoms with Crippen LogP contribution in [0.4, 0.5) is 4.79 Å². The van der Waals surface area contributed by atoms with Crippen molar-refractivity contribution in [2.75, 3.05) is 13.2 Å². The Bertz CT molecular complexity index is 792. The minimum atomic E-state index is -0.871. The second-order valence-electron chi connectivity index (χ2n) is 8.06. The van der Waals surface area contributed by atoms with Gasteiger partial charge in [-0.05, 0) is 37.3 Å². The third kappa shape index (κ3) is 3.38. The fourth-order valence-corrected chi connectivity index (χ4v) is 5.03. The van der Waals surface area contributed by atoms with E-state index >= 15 is 0 Å². The largest absolute Gasteiger partial charge is 0.460 e. The van der Waals surface area contributed by atoms with E-state index in [2.05, 4.69) is 12.1 Å². The summed E-state index contributed by atoms with van der Waals surface area (Å²) in [6.07, 6.45) is 5.60. The minimum absolute atomic E-state index is 0.0254. The van der Waals surface area contributed by atoms with Crippen molar-refractivity contribution >= 4 is 12.1 Å². The maximum absolute atomic E-state index is 12.8. The number of cyclic esters (lactones) is 1. The lowest BCUT2D eigenvalue weighted by molar-refractivity contribution is -0.172. The molecule has 1 amide bonds. The predicted octanol–water partition coefficient (Wildman–Crippen LogP) is 4.36. The number of esters is 1. The van der Waals surface area contributed by atoms with Crippen molar-refractivity contribution in [1.82, 2.24) is 4.90 Å². The highest BCUT2D eigenvalue weighted by Gasteiger charge is 2.60. The topological polar surface area (TPSA) is 65.1 Å². The molecule has 0 N–H and O–H groups in total. The maximum Gasteiger partial charge on any atom is 0.413 e. The molecule has 0 unspecified atom stereocenters. The molecule has 2 fully saturated rings. The van der Waals surface area contributed by atoms with E-state index in [1.54, 1.807) is 4.90 Å². The van der Waals surface area contributed by atoms with Crippen molar-refractivity contribution in [3.63, 3.8) is 0 Å². The van der Waals surface area contributed by atoms with Crippen LogP contribution in [0.25, 0.3) is 0 Å².